The Kier molecular flexibility index (Phi) is 8.40. The number of amides is 1. The SMILES string of the molecule is Cl.NCCN(CCc1ccccc1)C(=O)CC1CCCC1. The molecule has 2 rings (SSSR count). The molecule has 1 fully saturated rings. The number of nitrogens with zero attached hydrogens (tertiary/aromatic N) is 1. The van der Waals surface area contributed by atoms with Gasteiger partial charge in [-0.1, -0.05) is 43.2 Å². The van der Waals surface area contributed by atoms with Gasteiger partial charge < -0.3 is 10.6 Å². The largest absolute Gasteiger partial charge is 0.341 e. The van der Waals surface area contributed by atoms with Crippen LogP contribution in [-0.4, -0.2) is 30.4 Å². The van der Waals surface area contributed by atoms with Crippen molar-refractivity contribution in [2.75, 3.05) is 19.6 Å². The van der Waals surface area contributed by atoms with Crippen LogP contribution < -0.4 is 5.73 Å². The lowest BCUT2D eigenvalue weighted by atomic mass is 10.0. The summed E-state index contributed by atoms with van der Waals surface area (Å²) in [6.45, 7) is 2.01. The van der Waals surface area contributed by atoms with E-state index in [0.717, 1.165) is 19.4 Å². The number of nitrogens with two attached hydrogens (primary N) is 1. The van der Waals surface area contributed by atoms with Gasteiger partial charge in [-0.05, 0) is 30.7 Å². The predicted molar refractivity (Wildman–Crippen MR) is 89.6 cm³/mol. The van der Waals surface area contributed by atoms with E-state index in [1.54, 1.807) is 0 Å². The Hall–Kier alpha value is -1.06. The van der Waals surface area contributed by atoms with Gasteiger partial charge in [0.15, 0.2) is 0 Å². The molecule has 0 aromatic heterocycles. The van der Waals surface area contributed by atoms with Crippen molar-refractivity contribution in [3.05, 3.63) is 35.9 Å². The summed E-state index contributed by atoms with van der Waals surface area (Å²) >= 11 is 0. The molecular weight excluding hydrogens is 284 g/mol. The molecule has 118 valence electrons. The number of carbonyl (C=O) groups is 1. The monoisotopic (exact) mass is 310 g/mol. The molecule has 1 aromatic carbocycles. The maximum absolute atomic E-state index is 12.4. The number of hydrogen-bond acceptors (Lipinski definition) is 2. The van der Waals surface area contributed by atoms with E-state index in [1.807, 2.05) is 23.1 Å². The zero-order valence-corrected chi connectivity index (χ0v) is 13.5. The summed E-state index contributed by atoms with van der Waals surface area (Å²) in [6, 6.07) is 10.3. The smallest absolute Gasteiger partial charge is 0.222 e. The second-order valence-corrected chi connectivity index (χ2v) is 5.76. The summed E-state index contributed by atoms with van der Waals surface area (Å²) in [7, 11) is 0. The van der Waals surface area contributed by atoms with Crippen molar-refractivity contribution in [3.8, 4) is 0 Å². The first-order valence-corrected chi connectivity index (χ1v) is 7.81. The third kappa shape index (κ3) is 6.06. The number of carbonyl (C=O) groups excluding carboxylic acids is 1. The van der Waals surface area contributed by atoms with Crippen molar-refractivity contribution in [2.24, 2.45) is 11.7 Å². The van der Waals surface area contributed by atoms with E-state index in [2.05, 4.69) is 12.1 Å². The molecular formula is C17H27ClN2O. The summed E-state index contributed by atoms with van der Waals surface area (Å²) in [5.74, 6) is 0.901. The standard InChI is InChI=1S/C17H26N2O.ClH/c18-11-13-19(12-10-15-6-2-1-3-7-15)17(20)14-16-8-4-5-9-16;/h1-3,6-7,16H,4-5,8-14,18H2;1H. The number of benzene rings is 1. The van der Waals surface area contributed by atoms with Crippen LogP contribution in [0, 0.1) is 5.92 Å². The van der Waals surface area contributed by atoms with Crippen LogP contribution in [0.25, 0.3) is 0 Å². The Balaban J connectivity index is 0.00000220. The summed E-state index contributed by atoms with van der Waals surface area (Å²) < 4.78 is 0. The number of halogens is 1. The Morgan fingerprint density at radius 1 is 1.14 bits per heavy atom. The van der Waals surface area contributed by atoms with Crippen molar-refractivity contribution >= 4 is 18.3 Å². The molecule has 0 spiro atoms. The lowest BCUT2D eigenvalue weighted by Crippen LogP contribution is -2.37. The minimum Gasteiger partial charge on any atom is -0.341 e. The first kappa shape index (κ1) is 18.0. The number of rotatable bonds is 7. The van der Waals surface area contributed by atoms with E-state index >= 15 is 0 Å². The molecule has 0 radical (unpaired) electrons. The molecule has 0 atom stereocenters. The minimum absolute atomic E-state index is 0. The molecule has 2 N–H and O–H groups in total. The Morgan fingerprint density at radius 2 is 1.81 bits per heavy atom. The van der Waals surface area contributed by atoms with Crippen LogP contribution in [0.15, 0.2) is 30.3 Å². The van der Waals surface area contributed by atoms with Crippen LogP contribution in [-0.2, 0) is 11.2 Å². The van der Waals surface area contributed by atoms with Gasteiger partial charge >= 0.3 is 0 Å². The number of hydrogen-bond donors (Lipinski definition) is 1. The van der Waals surface area contributed by atoms with Gasteiger partial charge in [0.25, 0.3) is 0 Å². The van der Waals surface area contributed by atoms with Crippen molar-refractivity contribution in [2.45, 2.75) is 38.5 Å². The van der Waals surface area contributed by atoms with Gasteiger partial charge in [-0.25, -0.2) is 0 Å². The second kappa shape index (κ2) is 9.80. The van der Waals surface area contributed by atoms with Crippen molar-refractivity contribution in [1.82, 2.24) is 4.90 Å². The lowest BCUT2D eigenvalue weighted by molar-refractivity contribution is -0.132. The maximum atomic E-state index is 12.4. The van der Waals surface area contributed by atoms with Crippen molar-refractivity contribution < 1.29 is 4.79 Å². The van der Waals surface area contributed by atoms with Crippen LogP contribution >= 0.6 is 12.4 Å². The molecule has 0 unspecified atom stereocenters. The van der Waals surface area contributed by atoms with E-state index in [1.165, 1.54) is 31.2 Å². The van der Waals surface area contributed by atoms with Gasteiger partial charge in [0.2, 0.25) is 5.91 Å². The average Bonchev–Trinajstić information content (AvgIpc) is 2.97. The van der Waals surface area contributed by atoms with E-state index in [0.29, 0.717) is 24.9 Å². The molecule has 0 bridgehead atoms. The Bertz CT molecular complexity index is 405. The molecule has 1 amide bonds. The fourth-order valence-corrected chi connectivity index (χ4v) is 3.02. The van der Waals surface area contributed by atoms with Gasteiger partial charge in [0.1, 0.15) is 0 Å². The second-order valence-electron chi connectivity index (χ2n) is 5.76. The van der Waals surface area contributed by atoms with Gasteiger partial charge in [-0.2, -0.15) is 0 Å². The third-order valence-electron chi connectivity index (χ3n) is 4.20. The predicted octanol–water partition coefficient (Wildman–Crippen LogP) is 3.02. The first-order chi connectivity index (χ1) is 9.79. The molecule has 1 aliphatic carbocycles. The minimum atomic E-state index is 0. The molecule has 21 heavy (non-hydrogen) atoms. The first-order valence-electron chi connectivity index (χ1n) is 7.81. The molecule has 1 aliphatic rings. The van der Waals surface area contributed by atoms with E-state index < -0.39 is 0 Å². The van der Waals surface area contributed by atoms with Gasteiger partial charge in [-0.3, -0.25) is 4.79 Å². The summed E-state index contributed by atoms with van der Waals surface area (Å²) in [5, 5.41) is 0. The van der Waals surface area contributed by atoms with Crippen LogP contribution in [0.1, 0.15) is 37.7 Å². The molecule has 4 heteroatoms. The molecule has 1 saturated carbocycles. The van der Waals surface area contributed by atoms with Crippen molar-refractivity contribution in [1.29, 1.82) is 0 Å². The zero-order valence-electron chi connectivity index (χ0n) is 12.7. The normalized spacial score (nSPS) is 14.7. The van der Waals surface area contributed by atoms with Crippen molar-refractivity contribution in [3.63, 3.8) is 0 Å². The topological polar surface area (TPSA) is 46.3 Å². The van der Waals surface area contributed by atoms with E-state index in [4.69, 9.17) is 5.73 Å². The maximum Gasteiger partial charge on any atom is 0.222 e. The van der Waals surface area contributed by atoms with Crippen LogP contribution in [0.2, 0.25) is 0 Å². The molecule has 1 aromatic rings. The highest BCUT2D eigenvalue weighted by Gasteiger charge is 2.21. The third-order valence-corrected chi connectivity index (χ3v) is 4.20. The molecule has 3 nitrogen and oxygen atoms in total. The lowest BCUT2D eigenvalue weighted by Gasteiger charge is -2.23. The molecule has 0 aliphatic heterocycles. The molecule has 0 heterocycles. The highest BCUT2D eigenvalue weighted by atomic mass is 35.5. The summed E-state index contributed by atoms with van der Waals surface area (Å²) in [4.78, 5) is 14.3. The highest BCUT2D eigenvalue weighted by molar-refractivity contribution is 5.85. The Morgan fingerprint density at radius 3 is 2.43 bits per heavy atom. The zero-order chi connectivity index (χ0) is 14.2. The van der Waals surface area contributed by atoms with E-state index in [-0.39, 0.29) is 12.4 Å². The van der Waals surface area contributed by atoms with Gasteiger partial charge in [0, 0.05) is 26.1 Å². The molecule has 0 saturated heterocycles. The van der Waals surface area contributed by atoms with Gasteiger partial charge in [0.05, 0.1) is 0 Å². The van der Waals surface area contributed by atoms with Crippen LogP contribution in [0.4, 0.5) is 0 Å². The fraction of sp³-hybridized carbons (Fsp3) is 0.588. The van der Waals surface area contributed by atoms with Crippen LogP contribution in [0.5, 0.6) is 0 Å². The van der Waals surface area contributed by atoms with Crippen LogP contribution in [0.3, 0.4) is 0 Å². The summed E-state index contributed by atoms with van der Waals surface area (Å²) in [5.41, 5.74) is 6.93. The quantitative estimate of drug-likeness (QED) is 0.841. The Labute approximate surface area is 134 Å². The highest BCUT2D eigenvalue weighted by Crippen LogP contribution is 2.28. The average molecular weight is 311 g/mol. The summed E-state index contributed by atoms with van der Waals surface area (Å²) in [6.07, 6.45) is 6.66. The van der Waals surface area contributed by atoms with Gasteiger partial charge in [-0.15, -0.1) is 12.4 Å². The fourth-order valence-electron chi connectivity index (χ4n) is 3.02. The van der Waals surface area contributed by atoms with E-state index in [9.17, 15) is 4.79 Å².